The number of fused-ring (bicyclic) bond motifs is 2. The van der Waals surface area contributed by atoms with Gasteiger partial charge in [0.25, 0.3) is 0 Å². The van der Waals surface area contributed by atoms with Gasteiger partial charge in [0.05, 0.1) is 13.2 Å². The van der Waals surface area contributed by atoms with E-state index in [1.165, 1.54) is 0 Å². The molecule has 0 aliphatic rings. The van der Waals surface area contributed by atoms with Crippen molar-refractivity contribution in [3.05, 3.63) is 46.9 Å². The maximum Gasteiger partial charge on any atom is 0.513 e. The second-order valence-electron chi connectivity index (χ2n) is 7.00. The molecule has 6 nitrogen and oxygen atoms in total. The minimum Gasteiger partial charge on any atom is -0.434 e. The molecule has 0 radical (unpaired) electrons. The van der Waals surface area contributed by atoms with E-state index in [-0.39, 0.29) is 0 Å². The Morgan fingerprint density at radius 2 is 1.23 bits per heavy atom. The SMILES string of the molecule is CCCCOC(=O)Oc1c2ccccc2c(OC(=O)OCCCC)c2cc(Br)ccc12. The van der Waals surface area contributed by atoms with Gasteiger partial charge in [-0.25, -0.2) is 9.59 Å². The van der Waals surface area contributed by atoms with Crippen molar-refractivity contribution in [2.45, 2.75) is 39.5 Å². The number of ether oxygens (including phenoxy) is 4. The standard InChI is InChI=1S/C24H25BrO6/c1-3-5-13-28-23(26)30-21-17-9-7-8-10-18(17)22(31-24(27)29-14-6-4-2)20-15-16(25)11-12-19(20)21/h7-12,15H,3-6,13-14H2,1-2H3. The summed E-state index contributed by atoms with van der Waals surface area (Å²) < 4.78 is 22.4. The van der Waals surface area contributed by atoms with Gasteiger partial charge in [-0.2, -0.15) is 0 Å². The summed E-state index contributed by atoms with van der Waals surface area (Å²) >= 11 is 3.46. The van der Waals surface area contributed by atoms with Crippen LogP contribution in [0.5, 0.6) is 11.5 Å². The second-order valence-corrected chi connectivity index (χ2v) is 7.92. The topological polar surface area (TPSA) is 71.1 Å². The van der Waals surface area contributed by atoms with Crippen molar-refractivity contribution in [3.8, 4) is 11.5 Å². The van der Waals surface area contributed by atoms with Gasteiger partial charge in [0.1, 0.15) is 5.75 Å². The van der Waals surface area contributed by atoms with E-state index < -0.39 is 12.3 Å². The van der Waals surface area contributed by atoms with Crippen molar-refractivity contribution >= 4 is 49.8 Å². The Kier molecular flexibility index (Phi) is 8.12. The first-order valence-corrected chi connectivity index (χ1v) is 11.2. The summed E-state index contributed by atoms with van der Waals surface area (Å²) in [5, 5.41) is 2.47. The summed E-state index contributed by atoms with van der Waals surface area (Å²) in [5.74, 6) is 0.700. The van der Waals surface area contributed by atoms with Crippen molar-refractivity contribution in [2.75, 3.05) is 13.2 Å². The smallest absolute Gasteiger partial charge is 0.434 e. The first-order chi connectivity index (χ1) is 15.0. The van der Waals surface area contributed by atoms with Crippen molar-refractivity contribution in [2.24, 2.45) is 0 Å². The molecule has 0 amide bonds. The Hall–Kier alpha value is -2.80. The van der Waals surface area contributed by atoms with Crippen LogP contribution in [0, 0.1) is 0 Å². The Labute approximate surface area is 189 Å². The quantitative estimate of drug-likeness (QED) is 0.142. The van der Waals surface area contributed by atoms with Gasteiger partial charge in [0.2, 0.25) is 0 Å². The van der Waals surface area contributed by atoms with Crippen LogP contribution in [-0.2, 0) is 9.47 Å². The zero-order valence-corrected chi connectivity index (χ0v) is 19.2. The Balaban J connectivity index is 2.07. The molecule has 0 N–H and O–H groups in total. The zero-order valence-electron chi connectivity index (χ0n) is 17.6. The molecular formula is C24H25BrO6. The average molecular weight is 489 g/mol. The van der Waals surface area contributed by atoms with Crippen LogP contribution < -0.4 is 9.47 Å². The van der Waals surface area contributed by atoms with Gasteiger partial charge in [0, 0.05) is 26.0 Å². The highest BCUT2D eigenvalue weighted by Gasteiger charge is 2.21. The number of hydrogen-bond acceptors (Lipinski definition) is 6. The van der Waals surface area contributed by atoms with Crippen LogP contribution in [0.3, 0.4) is 0 Å². The van der Waals surface area contributed by atoms with E-state index in [2.05, 4.69) is 15.9 Å². The predicted molar refractivity (Wildman–Crippen MR) is 123 cm³/mol. The molecule has 0 saturated carbocycles. The summed E-state index contributed by atoms with van der Waals surface area (Å²) in [6.07, 6.45) is 1.80. The first kappa shape index (κ1) is 22.9. The van der Waals surface area contributed by atoms with Gasteiger partial charge in [0.15, 0.2) is 5.75 Å². The number of benzene rings is 3. The fraction of sp³-hybridized carbons (Fsp3) is 0.333. The van der Waals surface area contributed by atoms with E-state index in [9.17, 15) is 9.59 Å². The fourth-order valence-electron chi connectivity index (χ4n) is 3.12. The van der Waals surface area contributed by atoms with Gasteiger partial charge < -0.3 is 18.9 Å². The molecule has 0 heterocycles. The second kappa shape index (κ2) is 11.0. The summed E-state index contributed by atoms with van der Waals surface area (Å²) in [5.41, 5.74) is 0. The third kappa shape index (κ3) is 5.67. The van der Waals surface area contributed by atoms with E-state index in [4.69, 9.17) is 18.9 Å². The molecular weight excluding hydrogens is 464 g/mol. The van der Waals surface area contributed by atoms with Gasteiger partial charge in [-0.05, 0) is 31.0 Å². The van der Waals surface area contributed by atoms with Crippen molar-refractivity contribution < 1.29 is 28.5 Å². The number of rotatable bonds is 8. The van der Waals surface area contributed by atoms with E-state index in [0.29, 0.717) is 46.3 Å². The lowest BCUT2D eigenvalue weighted by atomic mass is 10.0. The molecule has 0 spiro atoms. The van der Waals surface area contributed by atoms with Crippen molar-refractivity contribution in [1.82, 2.24) is 0 Å². The molecule has 0 bridgehead atoms. The third-order valence-electron chi connectivity index (χ3n) is 4.69. The van der Waals surface area contributed by atoms with Crippen LogP contribution >= 0.6 is 15.9 Å². The number of unbranched alkanes of at least 4 members (excludes halogenated alkanes) is 2. The van der Waals surface area contributed by atoms with Crippen LogP contribution in [-0.4, -0.2) is 25.5 Å². The van der Waals surface area contributed by atoms with Crippen LogP contribution in [0.4, 0.5) is 9.59 Å². The molecule has 0 aliphatic heterocycles. The lowest BCUT2D eigenvalue weighted by molar-refractivity contribution is 0.0970. The molecule has 3 aromatic carbocycles. The normalized spacial score (nSPS) is 10.8. The molecule has 0 fully saturated rings. The summed E-state index contributed by atoms with van der Waals surface area (Å²) in [6.45, 7) is 4.61. The number of hydrogen-bond donors (Lipinski definition) is 0. The summed E-state index contributed by atoms with van der Waals surface area (Å²) in [7, 11) is 0. The molecule has 3 rings (SSSR count). The molecule has 0 atom stereocenters. The van der Waals surface area contributed by atoms with Gasteiger partial charge in [-0.15, -0.1) is 0 Å². The number of carbonyl (C=O) groups excluding carboxylic acids is 2. The number of halogens is 1. The Morgan fingerprint density at radius 3 is 1.74 bits per heavy atom. The molecule has 0 aromatic heterocycles. The predicted octanol–water partition coefficient (Wildman–Crippen LogP) is 7.39. The monoisotopic (exact) mass is 488 g/mol. The molecule has 7 heteroatoms. The van der Waals surface area contributed by atoms with Crippen LogP contribution in [0.2, 0.25) is 0 Å². The van der Waals surface area contributed by atoms with E-state index in [1.54, 1.807) is 18.2 Å². The minimum atomic E-state index is -0.771. The molecule has 164 valence electrons. The Bertz CT molecular complexity index is 1080. The maximum absolute atomic E-state index is 12.3. The third-order valence-corrected chi connectivity index (χ3v) is 5.19. The molecule has 0 saturated heterocycles. The highest BCUT2D eigenvalue weighted by atomic mass is 79.9. The van der Waals surface area contributed by atoms with E-state index in [1.807, 2.05) is 38.1 Å². The van der Waals surface area contributed by atoms with Gasteiger partial charge in [-0.1, -0.05) is 66.9 Å². The maximum atomic E-state index is 12.3. The summed E-state index contributed by atoms with van der Waals surface area (Å²) in [6, 6.07) is 12.7. The van der Waals surface area contributed by atoms with Crippen LogP contribution in [0.15, 0.2) is 46.9 Å². The van der Waals surface area contributed by atoms with Crippen LogP contribution in [0.25, 0.3) is 21.5 Å². The van der Waals surface area contributed by atoms with Gasteiger partial charge in [-0.3, -0.25) is 0 Å². The van der Waals surface area contributed by atoms with Crippen molar-refractivity contribution in [1.29, 1.82) is 0 Å². The highest BCUT2D eigenvalue weighted by Crippen LogP contribution is 2.43. The largest absolute Gasteiger partial charge is 0.513 e. The molecule has 0 unspecified atom stereocenters. The van der Waals surface area contributed by atoms with Crippen molar-refractivity contribution in [3.63, 3.8) is 0 Å². The molecule has 3 aromatic rings. The zero-order chi connectivity index (χ0) is 22.2. The summed E-state index contributed by atoms with van der Waals surface area (Å²) in [4.78, 5) is 24.6. The molecule has 31 heavy (non-hydrogen) atoms. The van der Waals surface area contributed by atoms with Crippen LogP contribution in [0.1, 0.15) is 39.5 Å². The highest BCUT2D eigenvalue weighted by molar-refractivity contribution is 9.10. The Morgan fingerprint density at radius 1 is 0.742 bits per heavy atom. The lowest BCUT2D eigenvalue weighted by Gasteiger charge is -2.16. The number of carbonyl (C=O) groups is 2. The first-order valence-electron chi connectivity index (χ1n) is 10.4. The van der Waals surface area contributed by atoms with E-state index >= 15 is 0 Å². The minimum absolute atomic E-state index is 0.291. The fourth-order valence-corrected chi connectivity index (χ4v) is 3.48. The average Bonchev–Trinajstić information content (AvgIpc) is 2.76. The van der Waals surface area contributed by atoms with E-state index in [0.717, 1.165) is 30.2 Å². The molecule has 0 aliphatic carbocycles. The van der Waals surface area contributed by atoms with Gasteiger partial charge >= 0.3 is 12.3 Å². The lowest BCUT2D eigenvalue weighted by Crippen LogP contribution is -2.13.